The Hall–Kier alpha value is -0.660. The number of hydrogen-bond donors (Lipinski definition) is 2. The molecule has 2 N–H and O–H groups in total. The first-order valence-electron chi connectivity index (χ1n) is 6.45. The SMILES string of the molecule is CCN(Cc1ccccc1)S(=O)(=O)NCC(C)NC.Cl. The average molecular weight is 322 g/mol. The second-order valence-corrected chi connectivity index (χ2v) is 6.21. The number of rotatable bonds is 8. The highest BCUT2D eigenvalue weighted by molar-refractivity contribution is 7.87. The maximum atomic E-state index is 12.2. The summed E-state index contributed by atoms with van der Waals surface area (Å²) >= 11 is 0. The Morgan fingerprint density at radius 1 is 1.25 bits per heavy atom. The summed E-state index contributed by atoms with van der Waals surface area (Å²) in [7, 11) is -1.63. The molecule has 0 bridgehead atoms. The van der Waals surface area contributed by atoms with Crippen molar-refractivity contribution in [1.29, 1.82) is 0 Å². The molecular formula is C13H24ClN3O2S. The quantitative estimate of drug-likeness (QED) is 0.760. The summed E-state index contributed by atoms with van der Waals surface area (Å²) in [6.07, 6.45) is 0. The molecule has 1 unspecified atom stereocenters. The fourth-order valence-corrected chi connectivity index (χ4v) is 2.88. The lowest BCUT2D eigenvalue weighted by Crippen LogP contribution is -2.44. The zero-order valence-electron chi connectivity index (χ0n) is 12.2. The molecular weight excluding hydrogens is 298 g/mol. The lowest BCUT2D eigenvalue weighted by Gasteiger charge is -2.22. The molecule has 0 aromatic heterocycles. The van der Waals surface area contributed by atoms with Gasteiger partial charge in [0.25, 0.3) is 10.2 Å². The molecule has 7 heteroatoms. The van der Waals surface area contributed by atoms with E-state index in [1.807, 2.05) is 44.2 Å². The van der Waals surface area contributed by atoms with Gasteiger partial charge < -0.3 is 5.32 Å². The molecule has 0 spiro atoms. The van der Waals surface area contributed by atoms with E-state index in [-0.39, 0.29) is 18.4 Å². The standard InChI is InChI=1S/C13H23N3O2S.ClH/c1-4-16(11-13-8-6-5-7-9-13)19(17,18)15-10-12(2)14-3;/h5-9,12,14-15H,4,10-11H2,1-3H3;1H. The zero-order valence-corrected chi connectivity index (χ0v) is 13.8. The van der Waals surface area contributed by atoms with Crippen molar-refractivity contribution in [3.63, 3.8) is 0 Å². The lowest BCUT2D eigenvalue weighted by molar-refractivity contribution is 0.411. The molecule has 0 saturated carbocycles. The molecule has 0 aliphatic rings. The van der Waals surface area contributed by atoms with E-state index in [1.165, 1.54) is 4.31 Å². The number of hydrogen-bond acceptors (Lipinski definition) is 3. The van der Waals surface area contributed by atoms with Crippen molar-refractivity contribution in [2.45, 2.75) is 26.4 Å². The Labute approximate surface area is 128 Å². The smallest absolute Gasteiger partial charge is 0.279 e. The van der Waals surface area contributed by atoms with Crippen molar-refractivity contribution in [2.24, 2.45) is 0 Å². The van der Waals surface area contributed by atoms with Gasteiger partial charge in [-0.1, -0.05) is 37.3 Å². The van der Waals surface area contributed by atoms with Gasteiger partial charge in [0.15, 0.2) is 0 Å². The van der Waals surface area contributed by atoms with Crippen LogP contribution in [0.5, 0.6) is 0 Å². The maximum absolute atomic E-state index is 12.2. The summed E-state index contributed by atoms with van der Waals surface area (Å²) in [5.41, 5.74) is 0.983. The number of likely N-dealkylation sites (N-methyl/N-ethyl adjacent to an activating group) is 1. The van der Waals surface area contributed by atoms with Crippen LogP contribution in [0.15, 0.2) is 30.3 Å². The normalized spacial score (nSPS) is 13.0. The van der Waals surface area contributed by atoms with Gasteiger partial charge in [-0.25, -0.2) is 4.72 Å². The van der Waals surface area contributed by atoms with Gasteiger partial charge in [-0.05, 0) is 19.5 Å². The Kier molecular flexibility index (Phi) is 9.00. The van der Waals surface area contributed by atoms with Crippen LogP contribution in [0.3, 0.4) is 0 Å². The summed E-state index contributed by atoms with van der Waals surface area (Å²) < 4.78 is 28.4. The van der Waals surface area contributed by atoms with Crippen LogP contribution in [-0.4, -0.2) is 38.9 Å². The number of nitrogens with one attached hydrogen (secondary N) is 2. The van der Waals surface area contributed by atoms with Gasteiger partial charge in [-0.15, -0.1) is 12.4 Å². The van der Waals surface area contributed by atoms with E-state index in [9.17, 15) is 8.42 Å². The van der Waals surface area contributed by atoms with Crippen LogP contribution in [0, 0.1) is 0 Å². The third-order valence-corrected chi connectivity index (χ3v) is 4.56. The van der Waals surface area contributed by atoms with Crippen LogP contribution in [0.25, 0.3) is 0 Å². The van der Waals surface area contributed by atoms with Crippen LogP contribution >= 0.6 is 12.4 Å². The van der Waals surface area contributed by atoms with Gasteiger partial charge in [0, 0.05) is 25.7 Å². The first-order chi connectivity index (χ1) is 8.99. The monoisotopic (exact) mass is 321 g/mol. The summed E-state index contributed by atoms with van der Waals surface area (Å²) in [6, 6.07) is 9.69. The molecule has 5 nitrogen and oxygen atoms in total. The molecule has 0 heterocycles. The minimum absolute atomic E-state index is 0. The molecule has 0 saturated heterocycles. The molecule has 1 aromatic carbocycles. The first-order valence-corrected chi connectivity index (χ1v) is 7.89. The van der Waals surface area contributed by atoms with E-state index < -0.39 is 10.2 Å². The van der Waals surface area contributed by atoms with Crippen LogP contribution in [0.2, 0.25) is 0 Å². The highest BCUT2D eigenvalue weighted by Crippen LogP contribution is 2.07. The van der Waals surface area contributed by atoms with Gasteiger partial charge >= 0.3 is 0 Å². The zero-order chi connectivity index (χ0) is 14.3. The minimum Gasteiger partial charge on any atom is -0.316 e. The van der Waals surface area contributed by atoms with E-state index in [4.69, 9.17) is 0 Å². The molecule has 0 aliphatic heterocycles. The Bertz CT molecular complexity index is 468. The van der Waals surface area contributed by atoms with Gasteiger partial charge in [-0.2, -0.15) is 12.7 Å². The summed E-state index contributed by atoms with van der Waals surface area (Å²) in [4.78, 5) is 0. The van der Waals surface area contributed by atoms with Crippen molar-refractivity contribution in [2.75, 3.05) is 20.1 Å². The Morgan fingerprint density at radius 3 is 2.35 bits per heavy atom. The molecule has 0 radical (unpaired) electrons. The molecule has 0 amide bonds. The van der Waals surface area contributed by atoms with E-state index >= 15 is 0 Å². The van der Waals surface area contributed by atoms with Crippen molar-refractivity contribution in [3.8, 4) is 0 Å². The second-order valence-electron chi connectivity index (χ2n) is 4.45. The third-order valence-electron chi connectivity index (χ3n) is 2.96. The lowest BCUT2D eigenvalue weighted by atomic mass is 10.2. The fraction of sp³-hybridized carbons (Fsp3) is 0.538. The highest BCUT2D eigenvalue weighted by Gasteiger charge is 2.20. The van der Waals surface area contributed by atoms with Gasteiger partial charge in [0.05, 0.1) is 0 Å². The molecule has 1 rings (SSSR count). The topological polar surface area (TPSA) is 61.4 Å². The average Bonchev–Trinajstić information content (AvgIpc) is 2.43. The largest absolute Gasteiger partial charge is 0.316 e. The molecule has 0 fully saturated rings. The second kappa shape index (κ2) is 9.31. The van der Waals surface area contributed by atoms with Crippen LogP contribution in [0.1, 0.15) is 19.4 Å². The van der Waals surface area contributed by atoms with Crippen LogP contribution in [0.4, 0.5) is 0 Å². The third kappa shape index (κ3) is 6.19. The van der Waals surface area contributed by atoms with Gasteiger partial charge in [0.2, 0.25) is 0 Å². The van der Waals surface area contributed by atoms with Crippen LogP contribution in [-0.2, 0) is 16.8 Å². The summed E-state index contributed by atoms with van der Waals surface area (Å²) in [5, 5.41) is 3.00. The van der Waals surface area contributed by atoms with Crippen molar-refractivity contribution < 1.29 is 8.42 Å². The van der Waals surface area contributed by atoms with Crippen molar-refractivity contribution in [3.05, 3.63) is 35.9 Å². The summed E-state index contributed by atoms with van der Waals surface area (Å²) in [6.45, 7) is 4.97. The minimum atomic E-state index is -3.43. The van der Waals surface area contributed by atoms with Crippen LogP contribution < -0.4 is 10.0 Å². The van der Waals surface area contributed by atoms with Gasteiger partial charge in [0.1, 0.15) is 0 Å². The Balaban J connectivity index is 0.00000361. The van der Waals surface area contributed by atoms with E-state index in [2.05, 4.69) is 10.0 Å². The van der Waals surface area contributed by atoms with Crippen molar-refractivity contribution >= 4 is 22.6 Å². The molecule has 1 atom stereocenters. The number of benzene rings is 1. The molecule has 116 valence electrons. The molecule has 20 heavy (non-hydrogen) atoms. The van der Waals surface area contributed by atoms with Gasteiger partial charge in [-0.3, -0.25) is 0 Å². The van der Waals surface area contributed by atoms with E-state index in [0.717, 1.165) is 5.56 Å². The Morgan fingerprint density at radius 2 is 1.85 bits per heavy atom. The predicted molar refractivity (Wildman–Crippen MR) is 85.2 cm³/mol. The highest BCUT2D eigenvalue weighted by atomic mass is 35.5. The number of nitrogens with zero attached hydrogens (tertiary/aromatic N) is 1. The first kappa shape index (κ1) is 19.3. The molecule has 0 aliphatic carbocycles. The van der Waals surface area contributed by atoms with E-state index in [1.54, 1.807) is 7.05 Å². The fourth-order valence-electron chi connectivity index (χ4n) is 1.58. The van der Waals surface area contributed by atoms with E-state index in [0.29, 0.717) is 19.6 Å². The summed E-state index contributed by atoms with van der Waals surface area (Å²) in [5.74, 6) is 0. The maximum Gasteiger partial charge on any atom is 0.279 e. The molecule has 1 aromatic rings. The number of halogens is 1. The van der Waals surface area contributed by atoms with Crippen molar-refractivity contribution in [1.82, 2.24) is 14.3 Å². The predicted octanol–water partition coefficient (Wildman–Crippen LogP) is 1.37.